The lowest BCUT2D eigenvalue weighted by Crippen LogP contribution is -2.37. The lowest BCUT2D eigenvalue weighted by molar-refractivity contribution is 0.0910. The second-order valence-corrected chi connectivity index (χ2v) is 7.54. The Kier molecular flexibility index (Phi) is 5.76. The average molecular weight is 390 g/mol. The van der Waals surface area contributed by atoms with Crippen molar-refractivity contribution in [1.82, 2.24) is 10.2 Å². The van der Waals surface area contributed by atoms with Gasteiger partial charge in [0, 0.05) is 12.6 Å². The van der Waals surface area contributed by atoms with Crippen molar-refractivity contribution in [2.75, 3.05) is 19.6 Å². The Bertz CT molecular complexity index is 1050. The summed E-state index contributed by atoms with van der Waals surface area (Å²) in [7, 11) is 0. The van der Waals surface area contributed by atoms with Gasteiger partial charge in [0.05, 0.1) is 11.4 Å². The molecule has 1 aliphatic heterocycles. The van der Waals surface area contributed by atoms with Crippen LogP contribution in [0.25, 0.3) is 11.0 Å². The lowest BCUT2D eigenvalue weighted by atomic mass is 10.1. The van der Waals surface area contributed by atoms with Gasteiger partial charge in [-0.1, -0.05) is 43.3 Å². The van der Waals surface area contributed by atoms with Gasteiger partial charge >= 0.3 is 0 Å². The molecule has 0 radical (unpaired) electrons. The number of rotatable bonds is 6. The summed E-state index contributed by atoms with van der Waals surface area (Å²) in [6, 6.07) is 17.2. The molecule has 1 aromatic heterocycles. The fourth-order valence-electron chi connectivity index (χ4n) is 4.00. The highest BCUT2D eigenvalue weighted by atomic mass is 16.3. The number of benzene rings is 2. The van der Waals surface area contributed by atoms with Crippen LogP contribution in [0.15, 0.2) is 63.8 Å². The molecule has 29 heavy (non-hydrogen) atoms. The molecule has 150 valence electrons. The average Bonchev–Trinajstić information content (AvgIpc) is 3.29. The number of carbonyl (C=O) groups is 1. The molecule has 1 aliphatic rings. The summed E-state index contributed by atoms with van der Waals surface area (Å²) < 4.78 is 5.74. The number of hydrogen-bond donors (Lipinski definition) is 1. The molecule has 0 spiro atoms. The first kappa shape index (κ1) is 19.4. The Morgan fingerprint density at radius 1 is 1.10 bits per heavy atom. The van der Waals surface area contributed by atoms with E-state index in [-0.39, 0.29) is 23.1 Å². The van der Waals surface area contributed by atoms with Crippen molar-refractivity contribution in [2.45, 2.75) is 32.2 Å². The van der Waals surface area contributed by atoms with Gasteiger partial charge in [-0.2, -0.15) is 0 Å². The van der Waals surface area contributed by atoms with E-state index in [9.17, 15) is 9.59 Å². The quantitative estimate of drug-likeness (QED) is 0.693. The first-order valence-corrected chi connectivity index (χ1v) is 10.3. The first-order valence-electron chi connectivity index (χ1n) is 10.3. The Morgan fingerprint density at radius 3 is 2.59 bits per heavy atom. The minimum absolute atomic E-state index is 0.0555. The van der Waals surface area contributed by atoms with Crippen molar-refractivity contribution >= 4 is 16.9 Å². The summed E-state index contributed by atoms with van der Waals surface area (Å²) in [4.78, 5) is 27.6. The number of aryl methyl sites for hydroxylation is 1. The number of hydrogen-bond acceptors (Lipinski definition) is 4. The van der Waals surface area contributed by atoms with E-state index in [1.807, 2.05) is 37.3 Å². The molecule has 0 bridgehead atoms. The van der Waals surface area contributed by atoms with Crippen molar-refractivity contribution in [1.29, 1.82) is 0 Å². The van der Waals surface area contributed by atoms with Gasteiger partial charge in [-0.3, -0.25) is 14.5 Å². The summed E-state index contributed by atoms with van der Waals surface area (Å²) >= 11 is 0. The normalized spacial score (nSPS) is 15.5. The zero-order chi connectivity index (χ0) is 20.2. The summed E-state index contributed by atoms with van der Waals surface area (Å²) in [5.41, 5.74) is 2.50. The maximum Gasteiger partial charge on any atom is 0.287 e. The van der Waals surface area contributed by atoms with Crippen LogP contribution in [0.4, 0.5) is 0 Å². The number of likely N-dealkylation sites (tertiary alicyclic amines) is 1. The van der Waals surface area contributed by atoms with Crippen LogP contribution in [0, 0.1) is 0 Å². The monoisotopic (exact) mass is 390 g/mol. The summed E-state index contributed by atoms with van der Waals surface area (Å²) in [5, 5.41) is 3.49. The van der Waals surface area contributed by atoms with Crippen molar-refractivity contribution in [3.8, 4) is 0 Å². The third-order valence-corrected chi connectivity index (χ3v) is 5.65. The number of nitrogens with one attached hydrogen (secondary N) is 1. The molecule has 2 heterocycles. The van der Waals surface area contributed by atoms with Crippen LogP contribution in [-0.2, 0) is 6.42 Å². The molecule has 5 nitrogen and oxygen atoms in total. The highest BCUT2D eigenvalue weighted by molar-refractivity contribution is 5.93. The van der Waals surface area contributed by atoms with Crippen LogP contribution < -0.4 is 10.7 Å². The Labute approximate surface area is 170 Å². The third-order valence-electron chi connectivity index (χ3n) is 5.65. The molecule has 1 fully saturated rings. The summed E-state index contributed by atoms with van der Waals surface area (Å²) in [5.74, 6) is -0.302. The highest BCUT2D eigenvalue weighted by Gasteiger charge is 2.24. The molecule has 0 unspecified atom stereocenters. The molecule has 1 saturated heterocycles. The SMILES string of the molecule is CCc1ccc2oc(C(=O)NC[C@H](c3ccccc3)N3CCCC3)cc(=O)c2c1. The summed E-state index contributed by atoms with van der Waals surface area (Å²) in [6.45, 7) is 4.56. The smallest absolute Gasteiger partial charge is 0.287 e. The van der Waals surface area contributed by atoms with Crippen LogP contribution in [0.1, 0.15) is 47.5 Å². The maximum absolute atomic E-state index is 12.8. The highest BCUT2D eigenvalue weighted by Crippen LogP contribution is 2.24. The molecule has 2 aromatic carbocycles. The zero-order valence-electron chi connectivity index (χ0n) is 16.7. The number of nitrogens with zero attached hydrogens (tertiary/aromatic N) is 1. The first-order chi connectivity index (χ1) is 14.2. The molecular weight excluding hydrogens is 364 g/mol. The van der Waals surface area contributed by atoms with Crippen LogP contribution in [-0.4, -0.2) is 30.4 Å². The Hall–Kier alpha value is -2.92. The van der Waals surface area contributed by atoms with Crippen LogP contribution in [0.2, 0.25) is 0 Å². The van der Waals surface area contributed by atoms with Crippen molar-refractivity contribution < 1.29 is 9.21 Å². The fourth-order valence-corrected chi connectivity index (χ4v) is 4.00. The van der Waals surface area contributed by atoms with Gasteiger partial charge < -0.3 is 9.73 Å². The molecule has 0 saturated carbocycles. The van der Waals surface area contributed by atoms with Gasteiger partial charge in [0.25, 0.3) is 5.91 Å². The molecule has 4 rings (SSSR count). The van der Waals surface area contributed by atoms with E-state index in [4.69, 9.17) is 4.42 Å². The van der Waals surface area contributed by atoms with Gasteiger partial charge in [0.15, 0.2) is 11.2 Å². The number of carbonyl (C=O) groups excluding carboxylic acids is 1. The molecular formula is C24H26N2O3. The van der Waals surface area contributed by atoms with Crippen molar-refractivity contribution in [3.05, 3.63) is 81.7 Å². The van der Waals surface area contributed by atoms with Crippen LogP contribution >= 0.6 is 0 Å². The Balaban J connectivity index is 1.54. The molecule has 3 aromatic rings. The van der Waals surface area contributed by atoms with Gasteiger partial charge in [0.2, 0.25) is 0 Å². The van der Waals surface area contributed by atoms with Gasteiger partial charge in [0.1, 0.15) is 5.58 Å². The number of fused-ring (bicyclic) bond motifs is 1. The van der Waals surface area contributed by atoms with E-state index in [2.05, 4.69) is 22.3 Å². The van der Waals surface area contributed by atoms with Crippen molar-refractivity contribution in [2.24, 2.45) is 0 Å². The predicted octanol–water partition coefficient (Wildman–Crippen LogP) is 3.92. The topological polar surface area (TPSA) is 62.6 Å². The van der Waals surface area contributed by atoms with Gasteiger partial charge in [-0.05, 0) is 55.6 Å². The second kappa shape index (κ2) is 8.62. The minimum atomic E-state index is -0.358. The van der Waals surface area contributed by atoms with E-state index < -0.39 is 0 Å². The predicted molar refractivity (Wildman–Crippen MR) is 114 cm³/mol. The molecule has 5 heteroatoms. The maximum atomic E-state index is 12.8. The standard InChI is InChI=1S/C24H26N2O3/c1-2-17-10-11-22-19(14-17)21(27)15-23(29-22)24(28)25-16-20(26-12-6-7-13-26)18-8-4-3-5-9-18/h3-5,8-11,14-15,20H,2,6-7,12-13,16H2,1H3,(H,25,28)/t20-/m1/s1. The molecule has 1 N–H and O–H groups in total. The van der Waals surface area contributed by atoms with Crippen LogP contribution in [0.5, 0.6) is 0 Å². The fraction of sp³-hybridized carbons (Fsp3) is 0.333. The minimum Gasteiger partial charge on any atom is -0.451 e. The summed E-state index contributed by atoms with van der Waals surface area (Å²) in [6.07, 6.45) is 3.20. The lowest BCUT2D eigenvalue weighted by Gasteiger charge is -2.28. The van der Waals surface area contributed by atoms with Crippen molar-refractivity contribution in [3.63, 3.8) is 0 Å². The van der Waals surface area contributed by atoms with E-state index in [0.717, 1.165) is 25.1 Å². The number of amides is 1. The largest absolute Gasteiger partial charge is 0.451 e. The molecule has 1 amide bonds. The third kappa shape index (κ3) is 4.25. The van der Waals surface area contributed by atoms with E-state index in [0.29, 0.717) is 17.5 Å². The van der Waals surface area contributed by atoms with Gasteiger partial charge in [-0.15, -0.1) is 0 Å². The second-order valence-electron chi connectivity index (χ2n) is 7.54. The van der Waals surface area contributed by atoms with E-state index in [1.165, 1.54) is 24.5 Å². The van der Waals surface area contributed by atoms with Crippen LogP contribution in [0.3, 0.4) is 0 Å². The molecule has 1 atom stereocenters. The van der Waals surface area contributed by atoms with E-state index >= 15 is 0 Å². The van der Waals surface area contributed by atoms with E-state index in [1.54, 1.807) is 6.07 Å². The zero-order valence-corrected chi connectivity index (χ0v) is 16.7. The molecule has 0 aliphatic carbocycles. The Morgan fingerprint density at radius 2 is 1.86 bits per heavy atom. The van der Waals surface area contributed by atoms with Gasteiger partial charge in [-0.25, -0.2) is 0 Å².